The minimum atomic E-state index is -3.91. The monoisotopic (exact) mass is 518 g/mol. The number of sulfone groups is 1. The zero-order chi connectivity index (χ0) is 25.4. The fourth-order valence-electron chi connectivity index (χ4n) is 3.80. The Morgan fingerprint density at radius 3 is 2.03 bits per heavy atom. The first-order valence-corrected chi connectivity index (χ1v) is 13.9. The van der Waals surface area contributed by atoms with Crippen LogP contribution in [0.1, 0.15) is 30.0 Å². The quantitative estimate of drug-likeness (QED) is 0.530. The number of carbonyl (C=O) groups is 1. The number of benzene rings is 2. The maximum absolute atomic E-state index is 13.0. The van der Waals surface area contributed by atoms with Crippen molar-refractivity contribution in [1.29, 1.82) is 0 Å². The van der Waals surface area contributed by atoms with E-state index in [1.165, 1.54) is 52.8 Å². The normalized spacial score (nSPS) is 19.4. The Labute approximate surface area is 204 Å². The van der Waals surface area contributed by atoms with Crippen LogP contribution in [0.5, 0.6) is 0 Å². The molecule has 1 saturated heterocycles. The number of nitrogens with zero attached hydrogens (tertiary/aromatic N) is 1. The van der Waals surface area contributed by atoms with E-state index in [-0.39, 0.29) is 45.9 Å². The third kappa shape index (κ3) is 5.32. The van der Waals surface area contributed by atoms with Gasteiger partial charge in [0.1, 0.15) is 0 Å². The number of hydrogen-bond acceptors (Lipinski definition) is 7. The van der Waals surface area contributed by atoms with Gasteiger partial charge in [-0.1, -0.05) is 17.7 Å². The summed E-state index contributed by atoms with van der Waals surface area (Å²) >= 11 is 0. The maximum atomic E-state index is 13.0. The second-order valence-corrected chi connectivity index (χ2v) is 12.3. The van der Waals surface area contributed by atoms with E-state index in [9.17, 15) is 21.6 Å². The van der Waals surface area contributed by atoms with Crippen LogP contribution in [0.3, 0.4) is 0 Å². The highest BCUT2D eigenvalue weighted by atomic mass is 32.2. The molecule has 9 nitrogen and oxygen atoms in total. The van der Waals surface area contributed by atoms with E-state index in [2.05, 4.69) is 5.32 Å². The number of nitrogens with one attached hydrogen (secondary N) is 1. The lowest BCUT2D eigenvalue weighted by Gasteiger charge is -2.34. The number of morpholine rings is 1. The molecule has 0 radical (unpaired) electrons. The van der Waals surface area contributed by atoms with Crippen LogP contribution < -0.4 is 5.32 Å². The Hall–Kier alpha value is -2.99. The van der Waals surface area contributed by atoms with Gasteiger partial charge in [0.2, 0.25) is 25.0 Å². The molecule has 186 valence electrons. The van der Waals surface area contributed by atoms with Crippen molar-refractivity contribution in [1.82, 2.24) is 4.31 Å². The highest BCUT2D eigenvalue weighted by molar-refractivity contribution is 7.91. The molecule has 0 bridgehead atoms. The first-order valence-electron chi connectivity index (χ1n) is 11.0. The number of furan rings is 1. The molecule has 2 unspecified atom stereocenters. The largest absolute Gasteiger partial charge is 0.439 e. The molecule has 0 aliphatic carbocycles. The Morgan fingerprint density at radius 1 is 0.857 bits per heavy atom. The molecule has 11 heteroatoms. The number of hydrogen-bond donors (Lipinski definition) is 1. The summed E-state index contributed by atoms with van der Waals surface area (Å²) in [7, 11) is -7.62. The van der Waals surface area contributed by atoms with Crippen molar-refractivity contribution in [2.45, 2.75) is 47.9 Å². The molecule has 1 amide bonds. The lowest BCUT2D eigenvalue weighted by molar-refractivity contribution is -0.0440. The van der Waals surface area contributed by atoms with Gasteiger partial charge >= 0.3 is 0 Å². The molecule has 1 fully saturated rings. The summed E-state index contributed by atoms with van der Waals surface area (Å²) in [5.41, 5.74) is 1.24. The molecule has 0 saturated carbocycles. The molecule has 2 aromatic carbocycles. The molecular formula is C24H26N2O7S2. The third-order valence-corrected chi connectivity index (χ3v) is 9.03. The first-order chi connectivity index (χ1) is 16.5. The highest BCUT2D eigenvalue weighted by Crippen LogP contribution is 2.25. The SMILES string of the molecule is Cc1ccc(S(=O)(=O)c2ccc(C(=O)Nc3ccc(S(=O)(=O)N4CC(C)OC(C)C4)cc3)o2)cc1. The smallest absolute Gasteiger partial charge is 0.291 e. The van der Waals surface area contributed by atoms with Gasteiger partial charge in [-0.3, -0.25) is 4.79 Å². The number of anilines is 1. The maximum Gasteiger partial charge on any atom is 0.291 e. The van der Waals surface area contributed by atoms with Crippen LogP contribution in [0.15, 0.2) is 80.0 Å². The molecule has 2 atom stereocenters. The second kappa shape index (κ2) is 9.57. The van der Waals surface area contributed by atoms with Crippen molar-refractivity contribution in [3.8, 4) is 0 Å². The summed E-state index contributed by atoms with van der Waals surface area (Å²) in [5.74, 6) is -0.856. The molecule has 1 aliphatic heterocycles. The van der Waals surface area contributed by atoms with Crippen molar-refractivity contribution in [2.75, 3.05) is 18.4 Å². The average molecular weight is 519 g/mol. The number of amides is 1. The molecule has 2 heterocycles. The van der Waals surface area contributed by atoms with Crippen molar-refractivity contribution >= 4 is 31.5 Å². The van der Waals surface area contributed by atoms with Crippen molar-refractivity contribution in [2.24, 2.45) is 0 Å². The van der Waals surface area contributed by atoms with Crippen molar-refractivity contribution in [3.63, 3.8) is 0 Å². The predicted molar refractivity (Wildman–Crippen MR) is 129 cm³/mol. The highest BCUT2D eigenvalue weighted by Gasteiger charge is 2.32. The van der Waals surface area contributed by atoms with Gasteiger partial charge in [-0.2, -0.15) is 4.31 Å². The van der Waals surface area contributed by atoms with E-state index >= 15 is 0 Å². The van der Waals surface area contributed by atoms with E-state index in [1.807, 2.05) is 20.8 Å². The van der Waals surface area contributed by atoms with Gasteiger partial charge in [-0.25, -0.2) is 16.8 Å². The van der Waals surface area contributed by atoms with Crippen LogP contribution in [-0.2, 0) is 24.6 Å². The van der Waals surface area contributed by atoms with Gasteiger partial charge in [0, 0.05) is 18.8 Å². The minimum absolute atomic E-state index is 0.0604. The van der Waals surface area contributed by atoms with Crippen LogP contribution in [0.25, 0.3) is 0 Å². The van der Waals surface area contributed by atoms with Crippen LogP contribution in [0.2, 0.25) is 0 Å². The van der Waals surface area contributed by atoms with E-state index in [0.29, 0.717) is 5.69 Å². The van der Waals surface area contributed by atoms with Gasteiger partial charge in [-0.15, -0.1) is 0 Å². The summed E-state index contributed by atoms with van der Waals surface area (Å²) in [4.78, 5) is 12.8. The Kier molecular flexibility index (Phi) is 6.87. The zero-order valence-electron chi connectivity index (χ0n) is 19.5. The Bertz CT molecular complexity index is 1420. The van der Waals surface area contributed by atoms with Gasteiger partial charge in [0.25, 0.3) is 5.91 Å². The average Bonchev–Trinajstić information content (AvgIpc) is 3.31. The van der Waals surface area contributed by atoms with Gasteiger partial charge in [-0.05, 0) is 69.3 Å². The summed E-state index contributed by atoms with van der Waals surface area (Å²) < 4.78 is 63.8. The summed E-state index contributed by atoms with van der Waals surface area (Å²) in [6.07, 6.45) is -0.416. The van der Waals surface area contributed by atoms with Gasteiger partial charge in [0.15, 0.2) is 5.76 Å². The number of carbonyl (C=O) groups excluding carboxylic acids is 1. The fraction of sp³-hybridized carbons (Fsp3) is 0.292. The summed E-state index contributed by atoms with van der Waals surface area (Å²) in [6.45, 7) is 6.01. The molecule has 1 aromatic heterocycles. The van der Waals surface area contributed by atoms with Gasteiger partial charge in [0.05, 0.1) is 22.0 Å². The summed E-state index contributed by atoms with van der Waals surface area (Å²) in [5, 5.41) is 2.24. The fourth-order valence-corrected chi connectivity index (χ4v) is 6.56. The molecule has 1 N–H and O–H groups in total. The Balaban J connectivity index is 1.47. The van der Waals surface area contributed by atoms with Gasteiger partial charge < -0.3 is 14.5 Å². The van der Waals surface area contributed by atoms with Crippen molar-refractivity contribution < 1.29 is 30.8 Å². The standard InChI is InChI=1S/C24H26N2O7S2/c1-16-4-8-20(9-5-16)34(28,29)23-13-12-22(33-23)24(27)25-19-6-10-21(11-7-19)35(30,31)26-14-17(2)32-18(3)15-26/h4-13,17-18H,14-15H2,1-3H3,(H,25,27). The van der Waals surface area contributed by atoms with Crippen LogP contribution in [-0.4, -0.2) is 52.3 Å². The molecule has 4 rings (SSSR count). The van der Waals surface area contributed by atoms with E-state index in [1.54, 1.807) is 12.1 Å². The Morgan fingerprint density at radius 2 is 1.43 bits per heavy atom. The third-order valence-electron chi connectivity index (χ3n) is 5.54. The van der Waals surface area contributed by atoms with Crippen LogP contribution in [0.4, 0.5) is 5.69 Å². The molecular weight excluding hydrogens is 492 g/mol. The second-order valence-electron chi connectivity index (χ2n) is 8.49. The molecule has 35 heavy (non-hydrogen) atoms. The molecule has 0 spiro atoms. The number of rotatable bonds is 6. The number of sulfonamides is 1. The van der Waals surface area contributed by atoms with Crippen LogP contribution in [0, 0.1) is 6.92 Å². The number of aryl methyl sites for hydroxylation is 1. The topological polar surface area (TPSA) is 123 Å². The van der Waals surface area contributed by atoms with Crippen molar-refractivity contribution in [3.05, 3.63) is 72.0 Å². The summed E-state index contributed by atoms with van der Waals surface area (Å²) in [6, 6.07) is 14.5. The molecule has 1 aliphatic rings. The number of ether oxygens (including phenoxy) is 1. The van der Waals surface area contributed by atoms with E-state index in [4.69, 9.17) is 9.15 Å². The minimum Gasteiger partial charge on any atom is -0.439 e. The predicted octanol–water partition coefficient (Wildman–Crippen LogP) is 3.47. The van der Waals surface area contributed by atoms with E-state index in [0.717, 1.165) is 5.56 Å². The first kappa shape index (κ1) is 25.1. The van der Waals surface area contributed by atoms with Crippen LogP contribution >= 0.6 is 0 Å². The van der Waals surface area contributed by atoms with E-state index < -0.39 is 25.8 Å². The zero-order valence-corrected chi connectivity index (χ0v) is 21.1. The lowest BCUT2D eigenvalue weighted by atomic mass is 10.2. The lowest BCUT2D eigenvalue weighted by Crippen LogP contribution is -2.48. The molecule has 3 aromatic rings.